The van der Waals surface area contributed by atoms with Crippen molar-refractivity contribution in [2.75, 3.05) is 7.11 Å². The van der Waals surface area contributed by atoms with Gasteiger partial charge in [-0.15, -0.1) is 0 Å². The van der Waals surface area contributed by atoms with Gasteiger partial charge in [0, 0.05) is 16.2 Å². The standard InChI is InChI=1S/C14H13BrN2O3/c1-8-7-17(11-6-4-5-10(15)9(11)2)16-12(13(8)18)14(19)20-3/h4-7H,1-3H3. The van der Waals surface area contributed by atoms with E-state index >= 15 is 0 Å². The van der Waals surface area contributed by atoms with Crippen molar-refractivity contribution < 1.29 is 9.53 Å². The highest BCUT2D eigenvalue weighted by Gasteiger charge is 2.16. The van der Waals surface area contributed by atoms with Crippen LogP contribution in [-0.2, 0) is 4.74 Å². The molecule has 1 aromatic carbocycles. The molecule has 0 unspecified atom stereocenters. The van der Waals surface area contributed by atoms with E-state index in [1.807, 2.05) is 25.1 Å². The fourth-order valence-corrected chi connectivity index (χ4v) is 2.16. The Morgan fingerprint density at radius 1 is 1.35 bits per heavy atom. The van der Waals surface area contributed by atoms with E-state index in [9.17, 15) is 9.59 Å². The minimum atomic E-state index is -0.736. The van der Waals surface area contributed by atoms with E-state index in [2.05, 4.69) is 25.8 Å². The van der Waals surface area contributed by atoms with Crippen molar-refractivity contribution in [2.24, 2.45) is 0 Å². The topological polar surface area (TPSA) is 61.2 Å². The van der Waals surface area contributed by atoms with Gasteiger partial charge in [-0.2, -0.15) is 5.10 Å². The molecule has 1 aromatic heterocycles. The first-order chi connectivity index (χ1) is 9.45. The number of esters is 1. The van der Waals surface area contributed by atoms with E-state index in [4.69, 9.17) is 0 Å². The zero-order valence-electron chi connectivity index (χ0n) is 11.3. The van der Waals surface area contributed by atoms with E-state index in [0.717, 1.165) is 15.7 Å². The molecule has 0 amide bonds. The maximum atomic E-state index is 11.9. The van der Waals surface area contributed by atoms with Crippen molar-refractivity contribution in [2.45, 2.75) is 13.8 Å². The van der Waals surface area contributed by atoms with Crippen molar-refractivity contribution in [1.82, 2.24) is 9.78 Å². The molecule has 0 atom stereocenters. The third-order valence-corrected chi connectivity index (χ3v) is 3.82. The second-order valence-corrected chi connectivity index (χ2v) is 5.16. The number of ether oxygens (including phenoxy) is 1. The highest BCUT2D eigenvalue weighted by Crippen LogP contribution is 2.22. The minimum Gasteiger partial charge on any atom is -0.464 e. The van der Waals surface area contributed by atoms with Crippen LogP contribution in [0.1, 0.15) is 21.6 Å². The van der Waals surface area contributed by atoms with Crippen LogP contribution >= 0.6 is 15.9 Å². The number of methoxy groups -OCH3 is 1. The smallest absolute Gasteiger partial charge is 0.362 e. The first-order valence-corrected chi connectivity index (χ1v) is 6.69. The number of aryl methyl sites for hydroxylation is 1. The predicted molar refractivity (Wildman–Crippen MR) is 78.3 cm³/mol. The number of nitrogens with zero attached hydrogens (tertiary/aromatic N) is 2. The molecule has 0 aliphatic heterocycles. The molecular weight excluding hydrogens is 324 g/mol. The molecule has 5 nitrogen and oxygen atoms in total. The van der Waals surface area contributed by atoms with Gasteiger partial charge in [0.05, 0.1) is 12.8 Å². The molecule has 0 spiro atoms. The lowest BCUT2D eigenvalue weighted by atomic mass is 10.2. The Kier molecular flexibility index (Phi) is 4.04. The Morgan fingerprint density at radius 2 is 2.05 bits per heavy atom. The quantitative estimate of drug-likeness (QED) is 0.790. The molecule has 0 aliphatic carbocycles. The molecule has 0 bridgehead atoms. The summed E-state index contributed by atoms with van der Waals surface area (Å²) in [7, 11) is 1.22. The van der Waals surface area contributed by atoms with Gasteiger partial charge in [-0.1, -0.05) is 22.0 Å². The average molecular weight is 337 g/mol. The number of carbonyl (C=O) groups excluding carboxylic acids is 1. The summed E-state index contributed by atoms with van der Waals surface area (Å²) in [6.07, 6.45) is 1.60. The van der Waals surface area contributed by atoms with Gasteiger partial charge < -0.3 is 4.74 Å². The molecule has 20 heavy (non-hydrogen) atoms. The molecule has 2 rings (SSSR count). The Labute approximate surface area is 124 Å². The summed E-state index contributed by atoms with van der Waals surface area (Å²) in [6, 6.07) is 5.63. The second kappa shape index (κ2) is 5.58. The van der Waals surface area contributed by atoms with Crippen LogP contribution in [0.4, 0.5) is 0 Å². The molecule has 0 fully saturated rings. The third kappa shape index (κ3) is 2.51. The summed E-state index contributed by atoms with van der Waals surface area (Å²) in [6.45, 7) is 3.56. The number of aromatic nitrogens is 2. The number of hydrogen-bond acceptors (Lipinski definition) is 4. The van der Waals surface area contributed by atoms with Crippen LogP contribution in [0.25, 0.3) is 5.69 Å². The van der Waals surface area contributed by atoms with Crippen molar-refractivity contribution in [3.05, 3.63) is 55.9 Å². The minimum absolute atomic E-state index is 0.216. The Bertz CT molecular complexity index is 738. The summed E-state index contributed by atoms with van der Waals surface area (Å²) in [5.41, 5.74) is 1.54. The van der Waals surface area contributed by atoms with Crippen molar-refractivity contribution in [3.63, 3.8) is 0 Å². The first kappa shape index (κ1) is 14.5. The monoisotopic (exact) mass is 336 g/mol. The van der Waals surface area contributed by atoms with Gasteiger partial charge in [0.25, 0.3) is 0 Å². The molecule has 0 aliphatic rings. The Balaban J connectivity index is 2.70. The average Bonchev–Trinajstić information content (AvgIpc) is 2.44. The van der Waals surface area contributed by atoms with E-state index in [0.29, 0.717) is 5.56 Å². The maximum absolute atomic E-state index is 11.9. The lowest BCUT2D eigenvalue weighted by Crippen LogP contribution is -2.24. The summed E-state index contributed by atoms with van der Waals surface area (Å²) < 4.78 is 7.03. The summed E-state index contributed by atoms with van der Waals surface area (Å²) in [4.78, 5) is 23.5. The number of rotatable bonds is 2. The van der Waals surface area contributed by atoms with Gasteiger partial charge in [0.2, 0.25) is 11.1 Å². The predicted octanol–water partition coefficient (Wildman–Crippen LogP) is 2.40. The molecule has 0 saturated carbocycles. The molecule has 6 heteroatoms. The molecule has 0 N–H and O–H groups in total. The molecular formula is C14H13BrN2O3. The van der Waals surface area contributed by atoms with Gasteiger partial charge in [0.15, 0.2) is 0 Å². The first-order valence-electron chi connectivity index (χ1n) is 5.90. The normalized spacial score (nSPS) is 10.4. The van der Waals surface area contributed by atoms with Gasteiger partial charge in [-0.25, -0.2) is 9.48 Å². The van der Waals surface area contributed by atoms with E-state index in [1.54, 1.807) is 13.1 Å². The Hall–Kier alpha value is -1.95. The fraction of sp³-hybridized carbons (Fsp3) is 0.214. The summed E-state index contributed by atoms with van der Waals surface area (Å²) >= 11 is 3.44. The van der Waals surface area contributed by atoms with Crippen LogP contribution in [-0.4, -0.2) is 22.9 Å². The van der Waals surface area contributed by atoms with Crippen LogP contribution in [0.2, 0.25) is 0 Å². The number of benzene rings is 1. The van der Waals surface area contributed by atoms with Crippen LogP contribution in [0.3, 0.4) is 0 Å². The van der Waals surface area contributed by atoms with E-state index < -0.39 is 11.4 Å². The molecule has 104 valence electrons. The third-order valence-electron chi connectivity index (χ3n) is 2.96. The molecule has 0 saturated heterocycles. The summed E-state index contributed by atoms with van der Waals surface area (Å²) in [5.74, 6) is -0.736. The van der Waals surface area contributed by atoms with Crippen molar-refractivity contribution in [1.29, 1.82) is 0 Å². The van der Waals surface area contributed by atoms with Gasteiger partial charge in [0.1, 0.15) is 0 Å². The highest BCUT2D eigenvalue weighted by atomic mass is 79.9. The fourth-order valence-electron chi connectivity index (χ4n) is 1.81. The molecule has 0 radical (unpaired) electrons. The van der Waals surface area contributed by atoms with Crippen LogP contribution < -0.4 is 5.43 Å². The van der Waals surface area contributed by atoms with Crippen LogP contribution in [0.5, 0.6) is 0 Å². The van der Waals surface area contributed by atoms with Gasteiger partial charge in [-0.3, -0.25) is 4.79 Å². The number of halogens is 1. The largest absolute Gasteiger partial charge is 0.464 e. The van der Waals surface area contributed by atoms with Gasteiger partial charge in [-0.05, 0) is 31.5 Å². The zero-order valence-corrected chi connectivity index (χ0v) is 12.9. The lowest BCUT2D eigenvalue weighted by molar-refractivity contribution is 0.0590. The zero-order chi connectivity index (χ0) is 14.9. The number of hydrogen-bond donors (Lipinski definition) is 0. The van der Waals surface area contributed by atoms with E-state index in [-0.39, 0.29) is 5.69 Å². The van der Waals surface area contributed by atoms with Crippen LogP contribution in [0.15, 0.2) is 33.7 Å². The molecule has 2 aromatic rings. The van der Waals surface area contributed by atoms with Crippen molar-refractivity contribution >= 4 is 21.9 Å². The Morgan fingerprint density at radius 3 is 2.70 bits per heavy atom. The lowest BCUT2D eigenvalue weighted by Gasteiger charge is -2.11. The summed E-state index contributed by atoms with van der Waals surface area (Å²) in [5, 5.41) is 4.08. The maximum Gasteiger partial charge on any atom is 0.362 e. The van der Waals surface area contributed by atoms with Crippen molar-refractivity contribution in [3.8, 4) is 5.69 Å². The number of carbonyl (C=O) groups is 1. The van der Waals surface area contributed by atoms with Gasteiger partial charge >= 0.3 is 5.97 Å². The SMILES string of the molecule is COC(=O)c1nn(-c2cccc(Br)c2C)cc(C)c1=O. The molecule has 1 heterocycles. The van der Waals surface area contributed by atoms with Crippen LogP contribution in [0, 0.1) is 13.8 Å². The van der Waals surface area contributed by atoms with E-state index in [1.165, 1.54) is 11.8 Å². The highest BCUT2D eigenvalue weighted by molar-refractivity contribution is 9.10. The second-order valence-electron chi connectivity index (χ2n) is 4.31.